The highest BCUT2D eigenvalue weighted by atomic mass is 16.5. The number of hydrogen-bond acceptors (Lipinski definition) is 5. The lowest BCUT2D eigenvalue weighted by Crippen LogP contribution is -2.30. The first-order valence-corrected chi connectivity index (χ1v) is 9.25. The van der Waals surface area contributed by atoms with E-state index in [-0.39, 0.29) is 6.61 Å². The molecule has 0 fully saturated rings. The van der Waals surface area contributed by atoms with Gasteiger partial charge in [0.1, 0.15) is 12.4 Å². The van der Waals surface area contributed by atoms with E-state index in [0.29, 0.717) is 18.9 Å². The van der Waals surface area contributed by atoms with Gasteiger partial charge >= 0.3 is 5.97 Å². The standard InChI is InChI=1S/C23H26N2O4/c1-4-24-13-5-6-18-7-9-20(10-8-18)28-15-12-19-11-14-25-21(16-19)29-17-23(2,3)22(26)27/h4-11,13-14,16H,1,12,15,17H2,2-3H3,(H,26,27)/b6-5+,24-13-. The first-order chi connectivity index (χ1) is 13.9. The van der Waals surface area contributed by atoms with Crippen molar-refractivity contribution < 1.29 is 19.4 Å². The number of pyridine rings is 1. The third kappa shape index (κ3) is 7.62. The van der Waals surface area contributed by atoms with Gasteiger partial charge in [-0.1, -0.05) is 24.8 Å². The summed E-state index contributed by atoms with van der Waals surface area (Å²) in [5, 5.41) is 9.15. The minimum atomic E-state index is -0.972. The molecule has 0 atom stereocenters. The van der Waals surface area contributed by atoms with Gasteiger partial charge in [-0.05, 0) is 49.2 Å². The van der Waals surface area contributed by atoms with E-state index in [1.165, 1.54) is 6.20 Å². The maximum Gasteiger partial charge on any atom is 0.312 e. The number of benzene rings is 1. The van der Waals surface area contributed by atoms with Crippen molar-refractivity contribution in [1.29, 1.82) is 0 Å². The van der Waals surface area contributed by atoms with Crippen molar-refractivity contribution in [3.05, 3.63) is 72.6 Å². The molecule has 0 aliphatic carbocycles. The van der Waals surface area contributed by atoms with E-state index in [2.05, 4.69) is 16.6 Å². The van der Waals surface area contributed by atoms with E-state index in [4.69, 9.17) is 14.6 Å². The van der Waals surface area contributed by atoms with Crippen LogP contribution in [0.1, 0.15) is 25.0 Å². The van der Waals surface area contributed by atoms with Gasteiger partial charge in [0.15, 0.2) is 0 Å². The average Bonchev–Trinajstić information content (AvgIpc) is 2.71. The summed E-state index contributed by atoms with van der Waals surface area (Å²) in [6, 6.07) is 11.5. The van der Waals surface area contributed by atoms with Crippen LogP contribution in [-0.2, 0) is 11.2 Å². The molecule has 1 aromatic heterocycles. The lowest BCUT2D eigenvalue weighted by molar-refractivity contribution is -0.148. The van der Waals surface area contributed by atoms with Gasteiger partial charge in [0, 0.05) is 31.1 Å². The van der Waals surface area contributed by atoms with E-state index in [1.54, 1.807) is 32.3 Å². The first-order valence-electron chi connectivity index (χ1n) is 9.25. The Bertz CT molecular complexity index is 871. The number of nitrogens with zero attached hydrogens (tertiary/aromatic N) is 2. The molecule has 1 N–H and O–H groups in total. The second kappa shape index (κ2) is 10.8. The number of allylic oxidation sites excluding steroid dienone is 1. The molecule has 0 spiro atoms. The summed E-state index contributed by atoms with van der Waals surface area (Å²) in [4.78, 5) is 19.2. The van der Waals surface area contributed by atoms with Crippen molar-refractivity contribution in [2.45, 2.75) is 20.3 Å². The van der Waals surface area contributed by atoms with E-state index >= 15 is 0 Å². The number of aromatic nitrogens is 1. The Kier molecular flexibility index (Phi) is 8.15. The number of aliphatic imine (C=N–C) groups is 1. The highest BCUT2D eigenvalue weighted by molar-refractivity contribution is 5.78. The number of ether oxygens (including phenoxy) is 2. The molecule has 152 valence electrons. The zero-order valence-corrected chi connectivity index (χ0v) is 16.7. The summed E-state index contributed by atoms with van der Waals surface area (Å²) in [5.74, 6) is 0.289. The Hall–Kier alpha value is -3.41. The molecule has 1 heterocycles. The van der Waals surface area contributed by atoms with Gasteiger partial charge < -0.3 is 14.6 Å². The largest absolute Gasteiger partial charge is 0.493 e. The van der Waals surface area contributed by atoms with Crippen LogP contribution in [0.4, 0.5) is 0 Å². The molecule has 0 saturated carbocycles. The minimum Gasteiger partial charge on any atom is -0.493 e. The number of aliphatic carboxylic acids is 1. The van der Waals surface area contributed by atoms with Gasteiger partial charge in [-0.3, -0.25) is 9.79 Å². The fourth-order valence-corrected chi connectivity index (χ4v) is 2.23. The van der Waals surface area contributed by atoms with E-state index in [1.807, 2.05) is 42.5 Å². The molecule has 2 rings (SSSR count). The van der Waals surface area contributed by atoms with E-state index in [0.717, 1.165) is 16.9 Å². The maximum atomic E-state index is 11.2. The van der Waals surface area contributed by atoms with Crippen LogP contribution in [0.3, 0.4) is 0 Å². The summed E-state index contributed by atoms with van der Waals surface area (Å²) in [6.07, 6.45) is 9.28. The van der Waals surface area contributed by atoms with Crippen molar-refractivity contribution in [2.24, 2.45) is 10.4 Å². The molecule has 29 heavy (non-hydrogen) atoms. The van der Waals surface area contributed by atoms with Gasteiger partial charge in [0.25, 0.3) is 0 Å². The van der Waals surface area contributed by atoms with Crippen molar-refractivity contribution >= 4 is 18.3 Å². The second-order valence-corrected chi connectivity index (χ2v) is 6.99. The summed E-state index contributed by atoms with van der Waals surface area (Å²) >= 11 is 0. The van der Waals surface area contributed by atoms with Crippen LogP contribution < -0.4 is 9.47 Å². The van der Waals surface area contributed by atoms with Crippen LogP contribution in [0.25, 0.3) is 6.08 Å². The van der Waals surface area contributed by atoms with Gasteiger partial charge in [-0.15, -0.1) is 0 Å². The summed E-state index contributed by atoms with van der Waals surface area (Å²) in [6.45, 7) is 7.30. The molecular formula is C23H26N2O4. The Morgan fingerprint density at radius 1 is 1.24 bits per heavy atom. The highest BCUT2D eigenvalue weighted by Crippen LogP contribution is 2.19. The zero-order valence-electron chi connectivity index (χ0n) is 16.7. The van der Waals surface area contributed by atoms with Gasteiger partial charge in [-0.2, -0.15) is 0 Å². The molecule has 6 nitrogen and oxygen atoms in total. The molecule has 0 radical (unpaired) electrons. The summed E-state index contributed by atoms with van der Waals surface area (Å²) < 4.78 is 11.3. The molecular weight excluding hydrogens is 368 g/mol. The lowest BCUT2D eigenvalue weighted by atomic mass is 9.95. The van der Waals surface area contributed by atoms with Crippen LogP contribution in [-0.4, -0.2) is 35.5 Å². The van der Waals surface area contributed by atoms with Gasteiger partial charge in [0.05, 0.1) is 12.0 Å². The molecule has 0 amide bonds. The molecule has 6 heteroatoms. The molecule has 0 aliphatic heterocycles. The fraction of sp³-hybridized carbons (Fsp3) is 0.261. The third-order valence-electron chi connectivity index (χ3n) is 4.06. The molecule has 0 saturated heterocycles. The highest BCUT2D eigenvalue weighted by Gasteiger charge is 2.28. The minimum absolute atomic E-state index is 0.0511. The Morgan fingerprint density at radius 3 is 2.69 bits per heavy atom. The zero-order chi connectivity index (χ0) is 21.1. The van der Waals surface area contributed by atoms with Crippen LogP contribution >= 0.6 is 0 Å². The van der Waals surface area contributed by atoms with Crippen molar-refractivity contribution in [3.8, 4) is 11.6 Å². The summed E-state index contributed by atoms with van der Waals surface area (Å²) in [7, 11) is 0. The van der Waals surface area contributed by atoms with Crippen LogP contribution in [0.15, 0.2) is 66.4 Å². The van der Waals surface area contributed by atoms with E-state index in [9.17, 15) is 4.79 Å². The molecule has 1 aromatic carbocycles. The van der Waals surface area contributed by atoms with Gasteiger partial charge in [-0.25, -0.2) is 4.98 Å². The van der Waals surface area contributed by atoms with Gasteiger partial charge in [0.2, 0.25) is 5.88 Å². The van der Waals surface area contributed by atoms with Crippen molar-refractivity contribution in [2.75, 3.05) is 13.2 Å². The predicted molar refractivity (Wildman–Crippen MR) is 115 cm³/mol. The van der Waals surface area contributed by atoms with Crippen LogP contribution in [0.5, 0.6) is 11.6 Å². The quantitative estimate of drug-likeness (QED) is 0.571. The first kappa shape index (κ1) is 21.9. The predicted octanol–water partition coefficient (Wildman–Crippen LogP) is 4.42. The number of rotatable bonds is 11. The molecule has 0 bridgehead atoms. The maximum absolute atomic E-state index is 11.2. The average molecular weight is 394 g/mol. The lowest BCUT2D eigenvalue weighted by Gasteiger charge is -2.19. The fourth-order valence-electron chi connectivity index (χ4n) is 2.23. The SMILES string of the molecule is C=C/N=C\C=C\c1ccc(OCCc2ccnc(OCC(C)(C)C(=O)O)c2)cc1. The second-order valence-electron chi connectivity index (χ2n) is 6.99. The Morgan fingerprint density at radius 2 is 2.00 bits per heavy atom. The molecule has 2 aromatic rings. The number of carbonyl (C=O) groups is 1. The summed E-state index contributed by atoms with van der Waals surface area (Å²) in [5.41, 5.74) is 1.08. The monoisotopic (exact) mass is 394 g/mol. The smallest absolute Gasteiger partial charge is 0.312 e. The third-order valence-corrected chi connectivity index (χ3v) is 4.06. The van der Waals surface area contributed by atoms with Crippen LogP contribution in [0, 0.1) is 5.41 Å². The van der Waals surface area contributed by atoms with Crippen molar-refractivity contribution in [3.63, 3.8) is 0 Å². The van der Waals surface area contributed by atoms with Crippen molar-refractivity contribution in [1.82, 2.24) is 4.98 Å². The van der Waals surface area contributed by atoms with Crippen LogP contribution in [0.2, 0.25) is 0 Å². The topological polar surface area (TPSA) is 81.0 Å². The number of carboxylic acids is 1. The normalized spacial score (nSPS) is 11.7. The molecule has 0 unspecified atom stereocenters. The number of hydrogen-bond donors (Lipinski definition) is 1. The molecule has 0 aliphatic rings. The Labute approximate surface area is 171 Å². The Balaban J connectivity index is 1.83. The number of carboxylic acid groups (broad SMARTS) is 1. The van der Waals surface area contributed by atoms with E-state index < -0.39 is 11.4 Å².